The van der Waals surface area contributed by atoms with Gasteiger partial charge in [0, 0.05) is 5.54 Å². The molecule has 25 heavy (non-hydrogen) atoms. The van der Waals surface area contributed by atoms with Crippen LogP contribution < -0.4 is 14.8 Å². The van der Waals surface area contributed by atoms with Gasteiger partial charge in [-0.1, -0.05) is 20.8 Å². The molecule has 0 unspecified atom stereocenters. The van der Waals surface area contributed by atoms with Crippen LogP contribution in [0.4, 0.5) is 0 Å². The molecule has 0 atom stereocenters. The third kappa shape index (κ3) is 8.98. The van der Waals surface area contributed by atoms with Crippen LogP contribution >= 0.6 is 0 Å². The Bertz CT molecular complexity index is 572. The van der Waals surface area contributed by atoms with E-state index in [1.165, 1.54) is 0 Å². The maximum atomic E-state index is 12.0. The summed E-state index contributed by atoms with van der Waals surface area (Å²) in [7, 11) is 1.57. The van der Waals surface area contributed by atoms with Gasteiger partial charge in [0.05, 0.1) is 7.11 Å². The number of rotatable bonds is 8. The highest BCUT2D eigenvalue weighted by Crippen LogP contribution is 2.26. The van der Waals surface area contributed by atoms with Crippen molar-refractivity contribution < 1.29 is 23.8 Å². The molecule has 1 N–H and O–H groups in total. The van der Waals surface area contributed by atoms with Gasteiger partial charge < -0.3 is 19.5 Å². The minimum Gasteiger partial charge on any atom is -0.497 e. The van der Waals surface area contributed by atoms with Gasteiger partial charge in [-0.15, -0.1) is 0 Å². The van der Waals surface area contributed by atoms with Gasteiger partial charge in [0.15, 0.2) is 13.2 Å². The average molecular weight is 351 g/mol. The first-order chi connectivity index (χ1) is 11.5. The Labute approximate surface area is 149 Å². The monoisotopic (exact) mass is 351 g/mol. The number of esters is 1. The maximum Gasteiger partial charge on any atom is 0.344 e. The standard InChI is InChI=1S/C19H29NO5/c1-18(2,3)13-19(4,5)20-16(21)11-25-17(22)12-24-15-9-7-14(23-6)8-10-15/h7-10H,11-13H2,1-6H3,(H,20,21). The summed E-state index contributed by atoms with van der Waals surface area (Å²) in [5.74, 6) is 0.296. The number of hydrogen-bond donors (Lipinski definition) is 1. The van der Waals surface area contributed by atoms with Crippen molar-refractivity contribution >= 4 is 11.9 Å². The van der Waals surface area contributed by atoms with Gasteiger partial charge in [-0.25, -0.2) is 4.79 Å². The largest absolute Gasteiger partial charge is 0.497 e. The SMILES string of the molecule is COc1ccc(OCC(=O)OCC(=O)NC(C)(C)CC(C)(C)C)cc1. The molecule has 1 rings (SSSR count). The summed E-state index contributed by atoms with van der Waals surface area (Å²) in [6, 6.07) is 6.83. The Morgan fingerprint density at radius 2 is 1.52 bits per heavy atom. The Hall–Kier alpha value is -2.24. The van der Waals surface area contributed by atoms with Crippen LogP contribution in [0, 0.1) is 5.41 Å². The highest BCUT2D eigenvalue weighted by Gasteiger charge is 2.27. The molecule has 6 nitrogen and oxygen atoms in total. The Balaban J connectivity index is 2.34. The maximum absolute atomic E-state index is 12.0. The van der Waals surface area contributed by atoms with Crippen LogP contribution in [0.15, 0.2) is 24.3 Å². The topological polar surface area (TPSA) is 73.9 Å². The first kappa shape index (κ1) is 20.8. The van der Waals surface area contributed by atoms with Crippen LogP contribution in [0.2, 0.25) is 0 Å². The zero-order valence-electron chi connectivity index (χ0n) is 16.0. The van der Waals surface area contributed by atoms with Crippen molar-refractivity contribution in [3.63, 3.8) is 0 Å². The summed E-state index contributed by atoms with van der Waals surface area (Å²) in [6.07, 6.45) is 0.806. The number of amides is 1. The Kier molecular flexibility index (Phi) is 7.27. The minimum atomic E-state index is -0.598. The molecule has 0 radical (unpaired) electrons. The van der Waals surface area contributed by atoms with E-state index in [-0.39, 0.29) is 30.1 Å². The lowest BCUT2D eigenvalue weighted by molar-refractivity contribution is -0.151. The van der Waals surface area contributed by atoms with E-state index in [0.29, 0.717) is 11.5 Å². The van der Waals surface area contributed by atoms with E-state index in [1.807, 2.05) is 13.8 Å². The summed E-state index contributed by atoms with van der Waals surface area (Å²) in [5, 5.41) is 2.88. The molecule has 0 aromatic heterocycles. The molecule has 0 aliphatic heterocycles. The second kappa shape index (κ2) is 8.74. The van der Waals surface area contributed by atoms with Crippen LogP contribution in [0.1, 0.15) is 41.0 Å². The number of carbonyl (C=O) groups is 2. The Morgan fingerprint density at radius 3 is 2.04 bits per heavy atom. The quantitative estimate of drug-likeness (QED) is 0.729. The second-order valence-corrected chi connectivity index (χ2v) is 7.79. The van der Waals surface area contributed by atoms with Crippen LogP contribution in [-0.4, -0.2) is 37.7 Å². The van der Waals surface area contributed by atoms with E-state index in [1.54, 1.807) is 31.4 Å². The van der Waals surface area contributed by atoms with Crippen molar-refractivity contribution in [1.82, 2.24) is 5.32 Å². The van der Waals surface area contributed by atoms with Gasteiger partial charge in [0.2, 0.25) is 0 Å². The van der Waals surface area contributed by atoms with Gasteiger partial charge in [-0.2, -0.15) is 0 Å². The molecule has 1 aromatic carbocycles. The minimum absolute atomic E-state index is 0.0830. The fourth-order valence-corrected chi connectivity index (χ4v) is 2.79. The van der Waals surface area contributed by atoms with Gasteiger partial charge in [0.25, 0.3) is 5.91 Å². The van der Waals surface area contributed by atoms with E-state index in [0.717, 1.165) is 6.42 Å². The van der Waals surface area contributed by atoms with Crippen molar-refractivity contribution in [3.05, 3.63) is 24.3 Å². The van der Waals surface area contributed by atoms with Crippen LogP contribution in [0.3, 0.4) is 0 Å². The Morgan fingerprint density at radius 1 is 0.960 bits per heavy atom. The number of nitrogens with one attached hydrogen (secondary N) is 1. The third-order valence-corrected chi connectivity index (χ3v) is 3.23. The third-order valence-electron chi connectivity index (χ3n) is 3.23. The molecule has 0 aliphatic carbocycles. The second-order valence-electron chi connectivity index (χ2n) is 7.79. The molecular weight excluding hydrogens is 322 g/mol. The summed E-state index contributed by atoms with van der Waals surface area (Å²) >= 11 is 0. The summed E-state index contributed by atoms with van der Waals surface area (Å²) in [4.78, 5) is 23.6. The smallest absolute Gasteiger partial charge is 0.344 e. The average Bonchev–Trinajstić information content (AvgIpc) is 2.48. The number of carbonyl (C=O) groups excluding carboxylic acids is 2. The predicted octanol–water partition coefficient (Wildman–Crippen LogP) is 2.95. The molecule has 6 heteroatoms. The van der Waals surface area contributed by atoms with Crippen molar-refractivity contribution in [2.24, 2.45) is 5.41 Å². The molecule has 0 saturated carbocycles. The van der Waals surface area contributed by atoms with Gasteiger partial charge >= 0.3 is 5.97 Å². The molecule has 0 bridgehead atoms. The van der Waals surface area contributed by atoms with Crippen molar-refractivity contribution in [3.8, 4) is 11.5 Å². The molecule has 0 heterocycles. The van der Waals surface area contributed by atoms with Crippen LogP contribution in [0.25, 0.3) is 0 Å². The van der Waals surface area contributed by atoms with Gasteiger partial charge in [0.1, 0.15) is 11.5 Å². The zero-order valence-corrected chi connectivity index (χ0v) is 16.0. The number of benzene rings is 1. The number of hydrogen-bond acceptors (Lipinski definition) is 5. The van der Waals surface area contributed by atoms with Crippen LogP contribution in [-0.2, 0) is 14.3 Å². The lowest BCUT2D eigenvalue weighted by Crippen LogP contribution is -2.47. The lowest BCUT2D eigenvalue weighted by atomic mass is 9.82. The molecule has 1 amide bonds. The fraction of sp³-hybridized carbons (Fsp3) is 0.579. The first-order valence-corrected chi connectivity index (χ1v) is 8.24. The molecule has 140 valence electrons. The van der Waals surface area contributed by atoms with Gasteiger partial charge in [-0.3, -0.25) is 4.79 Å². The van der Waals surface area contributed by atoms with Crippen molar-refractivity contribution in [2.45, 2.75) is 46.6 Å². The van der Waals surface area contributed by atoms with E-state index < -0.39 is 5.97 Å². The summed E-state index contributed by atoms with van der Waals surface area (Å²) in [6.45, 7) is 9.64. The van der Waals surface area contributed by atoms with Crippen LogP contribution in [0.5, 0.6) is 11.5 Å². The van der Waals surface area contributed by atoms with E-state index in [9.17, 15) is 9.59 Å². The number of methoxy groups -OCH3 is 1. The predicted molar refractivity (Wildman–Crippen MR) is 95.7 cm³/mol. The molecule has 0 saturated heterocycles. The first-order valence-electron chi connectivity index (χ1n) is 8.24. The molecule has 0 fully saturated rings. The lowest BCUT2D eigenvalue weighted by Gasteiger charge is -2.33. The van der Waals surface area contributed by atoms with Crippen molar-refractivity contribution in [1.29, 1.82) is 0 Å². The zero-order chi connectivity index (χ0) is 19.1. The normalized spacial score (nSPS) is 11.6. The van der Waals surface area contributed by atoms with E-state index >= 15 is 0 Å². The van der Waals surface area contributed by atoms with E-state index in [4.69, 9.17) is 14.2 Å². The highest BCUT2D eigenvalue weighted by atomic mass is 16.6. The van der Waals surface area contributed by atoms with Crippen molar-refractivity contribution in [2.75, 3.05) is 20.3 Å². The molecular formula is C19H29NO5. The molecule has 0 aliphatic rings. The molecule has 1 aromatic rings. The fourth-order valence-electron chi connectivity index (χ4n) is 2.79. The van der Waals surface area contributed by atoms with E-state index in [2.05, 4.69) is 26.1 Å². The number of ether oxygens (including phenoxy) is 3. The molecule has 0 spiro atoms. The summed E-state index contributed by atoms with van der Waals surface area (Å²) < 4.78 is 15.3. The van der Waals surface area contributed by atoms with Gasteiger partial charge in [-0.05, 0) is 49.9 Å². The highest BCUT2D eigenvalue weighted by molar-refractivity contribution is 5.81. The summed E-state index contributed by atoms with van der Waals surface area (Å²) in [5.41, 5.74) is -0.291.